The molecule has 0 aliphatic carbocycles. The zero-order valence-corrected chi connectivity index (χ0v) is 7.24. The first-order valence-electron chi connectivity index (χ1n) is 3.73. The summed E-state index contributed by atoms with van der Waals surface area (Å²) in [6.45, 7) is 7.49. The molecule has 0 aromatic carbocycles. The summed E-state index contributed by atoms with van der Waals surface area (Å²) >= 11 is 0. The summed E-state index contributed by atoms with van der Waals surface area (Å²) in [6.07, 6.45) is 0. The van der Waals surface area contributed by atoms with Crippen LogP contribution in [0.25, 0.3) is 0 Å². The minimum atomic E-state index is -0.467. The van der Waals surface area contributed by atoms with Crippen molar-refractivity contribution in [2.75, 3.05) is 0 Å². The summed E-state index contributed by atoms with van der Waals surface area (Å²) in [5, 5.41) is 4.04. The number of amides is 1. The van der Waals surface area contributed by atoms with Gasteiger partial charge in [-0.2, -0.15) is 5.10 Å². The lowest BCUT2D eigenvalue weighted by molar-refractivity contribution is 0.0988. The molecule has 1 rings (SSSR count). The van der Waals surface area contributed by atoms with Crippen molar-refractivity contribution in [2.45, 2.75) is 19.9 Å². The molecular weight excluding hydrogens is 154 g/mol. The van der Waals surface area contributed by atoms with Crippen molar-refractivity contribution in [1.82, 2.24) is 9.78 Å². The molecule has 4 heteroatoms. The van der Waals surface area contributed by atoms with E-state index in [1.165, 1.54) is 0 Å². The third kappa shape index (κ3) is 1.47. The molecule has 1 radical (unpaired) electrons. The smallest absolute Gasteiger partial charge is 0.266 e. The van der Waals surface area contributed by atoms with Crippen LogP contribution >= 0.6 is 0 Å². The Kier molecular flexibility index (Phi) is 2.17. The van der Waals surface area contributed by atoms with Gasteiger partial charge in [-0.1, -0.05) is 0 Å². The van der Waals surface area contributed by atoms with Gasteiger partial charge in [-0.25, -0.2) is 0 Å². The van der Waals surface area contributed by atoms with E-state index in [1.807, 2.05) is 13.8 Å². The van der Waals surface area contributed by atoms with E-state index < -0.39 is 5.91 Å². The molecule has 1 aromatic heterocycles. The fourth-order valence-corrected chi connectivity index (χ4v) is 1.02. The van der Waals surface area contributed by atoms with E-state index in [2.05, 4.69) is 12.0 Å². The van der Waals surface area contributed by atoms with E-state index >= 15 is 0 Å². The molecule has 0 spiro atoms. The predicted molar refractivity (Wildman–Crippen MR) is 45.6 cm³/mol. The zero-order valence-electron chi connectivity index (χ0n) is 7.24. The van der Waals surface area contributed by atoms with E-state index in [-0.39, 0.29) is 6.04 Å². The number of hydrogen-bond acceptors (Lipinski definition) is 2. The average Bonchev–Trinajstić information content (AvgIpc) is 2.31. The van der Waals surface area contributed by atoms with E-state index in [4.69, 9.17) is 5.73 Å². The maximum Gasteiger partial charge on any atom is 0.266 e. The van der Waals surface area contributed by atoms with Gasteiger partial charge in [0.1, 0.15) is 5.69 Å². The summed E-state index contributed by atoms with van der Waals surface area (Å²) < 4.78 is 1.57. The first kappa shape index (κ1) is 8.77. The van der Waals surface area contributed by atoms with Gasteiger partial charge in [-0.05, 0) is 26.8 Å². The topological polar surface area (TPSA) is 60.9 Å². The average molecular weight is 166 g/mol. The standard InChI is InChI=1S/C8H12N3O/c1-5(2)11-7(8(9)12)4-6(3)10-11/h4-5H,3H2,1-2H3,(H2,9,12). The molecule has 1 amide bonds. The highest BCUT2D eigenvalue weighted by molar-refractivity contribution is 5.91. The summed E-state index contributed by atoms with van der Waals surface area (Å²) in [5.41, 5.74) is 6.12. The fourth-order valence-electron chi connectivity index (χ4n) is 1.02. The quantitative estimate of drug-likeness (QED) is 0.704. The van der Waals surface area contributed by atoms with Gasteiger partial charge in [0.05, 0.1) is 5.69 Å². The summed E-state index contributed by atoms with van der Waals surface area (Å²) in [5.74, 6) is -0.467. The number of primary amides is 1. The van der Waals surface area contributed by atoms with Crippen molar-refractivity contribution in [3.05, 3.63) is 24.4 Å². The maximum absolute atomic E-state index is 10.9. The highest BCUT2D eigenvalue weighted by atomic mass is 16.1. The molecule has 0 aliphatic heterocycles. The van der Waals surface area contributed by atoms with Crippen LogP contribution in [0, 0.1) is 6.92 Å². The Morgan fingerprint density at radius 2 is 2.33 bits per heavy atom. The van der Waals surface area contributed by atoms with Crippen molar-refractivity contribution < 1.29 is 4.79 Å². The van der Waals surface area contributed by atoms with Crippen LogP contribution in [-0.4, -0.2) is 15.7 Å². The third-order valence-electron chi connectivity index (χ3n) is 1.53. The van der Waals surface area contributed by atoms with Crippen molar-refractivity contribution in [2.24, 2.45) is 5.73 Å². The van der Waals surface area contributed by atoms with Gasteiger partial charge in [0, 0.05) is 6.04 Å². The Bertz CT molecular complexity index is 301. The van der Waals surface area contributed by atoms with E-state index in [0.29, 0.717) is 11.4 Å². The molecule has 1 heterocycles. The van der Waals surface area contributed by atoms with Gasteiger partial charge in [-0.3, -0.25) is 9.48 Å². The second kappa shape index (κ2) is 2.97. The lowest BCUT2D eigenvalue weighted by Gasteiger charge is -2.07. The molecule has 12 heavy (non-hydrogen) atoms. The molecule has 0 saturated carbocycles. The fraction of sp³-hybridized carbons (Fsp3) is 0.375. The van der Waals surface area contributed by atoms with Crippen molar-refractivity contribution >= 4 is 5.91 Å². The van der Waals surface area contributed by atoms with Gasteiger partial charge in [-0.15, -0.1) is 0 Å². The highest BCUT2D eigenvalue weighted by Gasteiger charge is 2.12. The number of rotatable bonds is 2. The van der Waals surface area contributed by atoms with E-state index in [1.54, 1.807) is 10.7 Å². The minimum absolute atomic E-state index is 0.128. The van der Waals surface area contributed by atoms with Crippen molar-refractivity contribution in [3.8, 4) is 0 Å². The third-order valence-corrected chi connectivity index (χ3v) is 1.53. The van der Waals surface area contributed by atoms with Gasteiger partial charge < -0.3 is 5.73 Å². The number of nitrogens with two attached hydrogens (primary N) is 1. The minimum Gasteiger partial charge on any atom is -0.364 e. The highest BCUT2D eigenvalue weighted by Crippen LogP contribution is 2.09. The van der Waals surface area contributed by atoms with Crippen molar-refractivity contribution in [1.29, 1.82) is 0 Å². The monoisotopic (exact) mass is 166 g/mol. The molecule has 0 fully saturated rings. The first-order chi connectivity index (χ1) is 5.52. The van der Waals surface area contributed by atoms with Crippen LogP contribution in [0.4, 0.5) is 0 Å². The van der Waals surface area contributed by atoms with Gasteiger partial charge in [0.25, 0.3) is 5.91 Å². The maximum atomic E-state index is 10.9. The molecule has 65 valence electrons. The second-order valence-electron chi connectivity index (χ2n) is 2.92. The van der Waals surface area contributed by atoms with E-state index in [9.17, 15) is 4.79 Å². The summed E-state index contributed by atoms with van der Waals surface area (Å²) in [4.78, 5) is 10.9. The Morgan fingerprint density at radius 1 is 1.75 bits per heavy atom. The Morgan fingerprint density at radius 3 is 2.67 bits per heavy atom. The van der Waals surface area contributed by atoms with Gasteiger partial charge >= 0.3 is 0 Å². The van der Waals surface area contributed by atoms with Crippen LogP contribution in [0.3, 0.4) is 0 Å². The first-order valence-corrected chi connectivity index (χ1v) is 3.73. The molecule has 1 aromatic rings. The number of carbonyl (C=O) groups is 1. The van der Waals surface area contributed by atoms with Crippen LogP contribution in [0.5, 0.6) is 0 Å². The normalized spacial score (nSPS) is 10.7. The van der Waals surface area contributed by atoms with E-state index in [0.717, 1.165) is 0 Å². The number of hydrogen-bond donors (Lipinski definition) is 1. The molecule has 0 aliphatic rings. The summed E-state index contributed by atoms with van der Waals surface area (Å²) in [7, 11) is 0. The summed E-state index contributed by atoms with van der Waals surface area (Å²) in [6, 6.07) is 1.71. The van der Waals surface area contributed by atoms with Crippen LogP contribution in [0.2, 0.25) is 0 Å². The second-order valence-corrected chi connectivity index (χ2v) is 2.92. The Labute approximate surface area is 71.4 Å². The SMILES string of the molecule is [CH2]c1cc(C(N)=O)n(C(C)C)n1. The number of carbonyl (C=O) groups excluding carboxylic acids is 1. The molecule has 0 unspecified atom stereocenters. The largest absolute Gasteiger partial charge is 0.364 e. The molecule has 0 saturated heterocycles. The molecule has 0 atom stereocenters. The molecule has 4 nitrogen and oxygen atoms in total. The van der Waals surface area contributed by atoms with Crippen molar-refractivity contribution in [3.63, 3.8) is 0 Å². The Balaban J connectivity index is 3.17. The van der Waals surface area contributed by atoms with Crippen LogP contribution in [-0.2, 0) is 0 Å². The van der Waals surface area contributed by atoms with Gasteiger partial charge in [0.2, 0.25) is 0 Å². The zero-order chi connectivity index (χ0) is 9.30. The number of aromatic nitrogens is 2. The van der Waals surface area contributed by atoms with Gasteiger partial charge in [0.15, 0.2) is 0 Å². The lowest BCUT2D eigenvalue weighted by atomic mass is 10.3. The number of nitrogens with zero attached hydrogens (tertiary/aromatic N) is 2. The van der Waals surface area contributed by atoms with Crippen LogP contribution in [0.15, 0.2) is 6.07 Å². The predicted octanol–water partition coefficient (Wildman–Crippen LogP) is 0.745. The lowest BCUT2D eigenvalue weighted by Crippen LogP contribution is -2.18. The van der Waals surface area contributed by atoms with Crippen LogP contribution in [0.1, 0.15) is 36.1 Å². The molecule has 2 N–H and O–H groups in total. The van der Waals surface area contributed by atoms with Crippen LogP contribution < -0.4 is 5.73 Å². The molecular formula is C8H12N3O. The molecule has 0 bridgehead atoms. The Hall–Kier alpha value is -1.32.